The lowest BCUT2D eigenvalue weighted by Gasteiger charge is -2.11. The molecule has 1 aromatic heterocycles. The summed E-state index contributed by atoms with van der Waals surface area (Å²) in [4.78, 5) is 27.6. The number of hydrogen-bond acceptors (Lipinski definition) is 5. The first-order valence-corrected chi connectivity index (χ1v) is 8.56. The molecular formula is C21H17FN3O4. The molecule has 3 aromatic rings. The van der Waals surface area contributed by atoms with Crippen LogP contribution >= 0.6 is 0 Å². The van der Waals surface area contributed by atoms with Gasteiger partial charge in [0.1, 0.15) is 23.1 Å². The van der Waals surface area contributed by atoms with Crippen LogP contribution in [0.1, 0.15) is 10.4 Å². The van der Waals surface area contributed by atoms with E-state index in [-0.39, 0.29) is 17.2 Å². The first-order chi connectivity index (χ1) is 14.0. The number of aliphatic hydroxyl groups is 1. The Morgan fingerprint density at radius 3 is 2.24 bits per heavy atom. The predicted octanol–water partition coefficient (Wildman–Crippen LogP) is 2.91. The van der Waals surface area contributed by atoms with Crippen LogP contribution in [0.3, 0.4) is 0 Å². The number of carbonyl (C=O) groups excluding carboxylic acids is 2. The maximum atomic E-state index is 13.0. The molecule has 0 atom stereocenters. The Morgan fingerprint density at radius 1 is 1.03 bits per heavy atom. The number of nitrogens with two attached hydrogens (primary N) is 1. The average Bonchev–Trinajstić information content (AvgIpc) is 2.70. The fraction of sp³-hybridized carbons (Fsp3) is 0.0476. The minimum atomic E-state index is -0.744. The number of halogens is 1. The highest BCUT2D eigenvalue weighted by Gasteiger charge is 2.14. The predicted molar refractivity (Wildman–Crippen MR) is 105 cm³/mol. The van der Waals surface area contributed by atoms with Gasteiger partial charge >= 0.3 is 0 Å². The summed E-state index contributed by atoms with van der Waals surface area (Å²) < 4.78 is 18.6. The second kappa shape index (κ2) is 8.94. The van der Waals surface area contributed by atoms with Gasteiger partial charge in [-0.05, 0) is 60.7 Å². The van der Waals surface area contributed by atoms with Gasteiger partial charge in [-0.15, -0.1) is 0 Å². The third-order valence-electron chi connectivity index (χ3n) is 3.88. The molecule has 7 nitrogen and oxygen atoms in total. The summed E-state index contributed by atoms with van der Waals surface area (Å²) in [6, 6.07) is 15.6. The van der Waals surface area contributed by atoms with Gasteiger partial charge in [0.15, 0.2) is 0 Å². The molecule has 0 fully saturated rings. The highest BCUT2D eigenvalue weighted by atomic mass is 19.1. The summed E-state index contributed by atoms with van der Waals surface area (Å²) in [7, 11) is 0. The number of nitrogens with zero attached hydrogens (tertiary/aromatic N) is 1. The van der Waals surface area contributed by atoms with Crippen molar-refractivity contribution < 1.29 is 23.8 Å². The van der Waals surface area contributed by atoms with Crippen molar-refractivity contribution >= 4 is 17.6 Å². The van der Waals surface area contributed by atoms with Gasteiger partial charge in [0.25, 0.3) is 5.91 Å². The van der Waals surface area contributed by atoms with Gasteiger partial charge in [-0.1, -0.05) is 0 Å². The normalized spacial score (nSPS) is 10.4. The van der Waals surface area contributed by atoms with Crippen LogP contribution in [-0.2, 0) is 4.79 Å². The summed E-state index contributed by atoms with van der Waals surface area (Å²) in [6.07, 6.45) is 1.00. The molecule has 0 aliphatic carbocycles. The lowest BCUT2D eigenvalue weighted by molar-refractivity contribution is -0.113. The molecule has 0 bridgehead atoms. The lowest BCUT2D eigenvalue weighted by atomic mass is 10.1. The number of hydrogen-bond donors (Lipinski definition) is 3. The van der Waals surface area contributed by atoms with Gasteiger partial charge < -0.3 is 20.9 Å². The van der Waals surface area contributed by atoms with E-state index in [4.69, 9.17) is 15.6 Å². The van der Waals surface area contributed by atoms with Crippen LogP contribution in [0.25, 0.3) is 11.3 Å². The minimum absolute atomic E-state index is 0.00339. The smallest absolute Gasteiger partial charge is 0.252 e. The van der Waals surface area contributed by atoms with Crippen LogP contribution in [0.4, 0.5) is 10.2 Å². The zero-order chi connectivity index (χ0) is 20.8. The quantitative estimate of drug-likeness (QED) is 0.570. The van der Waals surface area contributed by atoms with Crippen molar-refractivity contribution in [2.75, 3.05) is 11.9 Å². The zero-order valence-corrected chi connectivity index (χ0v) is 15.1. The molecule has 4 N–H and O–H groups in total. The van der Waals surface area contributed by atoms with Gasteiger partial charge in [-0.2, -0.15) is 0 Å². The molecule has 3 rings (SSSR count). The maximum Gasteiger partial charge on any atom is 0.252 e. The van der Waals surface area contributed by atoms with Gasteiger partial charge in [-0.25, -0.2) is 9.37 Å². The lowest BCUT2D eigenvalue weighted by Crippen LogP contribution is -2.20. The summed E-state index contributed by atoms with van der Waals surface area (Å²) in [5, 5.41) is 11.2. The molecule has 0 saturated carbocycles. The van der Waals surface area contributed by atoms with Crippen LogP contribution in [0.5, 0.6) is 11.5 Å². The van der Waals surface area contributed by atoms with Crippen molar-refractivity contribution in [1.29, 1.82) is 0 Å². The van der Waals surface area contributed by atoms with Crippen LogP contribution < -0.4 is 15.8 Å². The molecule has 147 valence electrons. The van der Waals surface area contributed by atoms with E-state index in [1.54, 1.807) is 30.3 Å². The van der Waals surface area contributed by atoms with E-state index >= 15 is 0 Å². The molecule has 1 radical (unpaired) electrons. The zero-order valence-electron chi connectivity index (χ0n) is 15.1. The second-order valence-electron chi connectivity index (χ2n) is 5.91. The number of amides is 2. The molecule has 0 spiro atoms. The first kappa shape index (κ1) is 20.0. The highest BCUT2D eigenvalue weighted by Crippen LogP contribution is 2.26. The Morgan fingerprint density at radius 2 is 1.66 bits per heavy atom. The summed E-state index contributed by atoms with van der Waals surface area (Å²) in [5.74, 6) is -0.670. The van der Waals surface area contributed by atoms with Gasteiger partial charge in [-0.3, -0.25) is 9.59 Å². The molecule has 0 aliphatic heterocycles. The number of aliphatic hydroxyl groups excluding tert-OH is 1. The van der Waals surface area contributed by atoms with E-state index in [0.717, 1.165) is 6.42 Å². The number of primary amides is 1. The minimum Gasteiger partial charge on any atom is -0.457 e. The largest absolute Gasteiger partial charge is 0.457 e. The number of anilines is 1. The Kier molecular flexibility index (Phi) is 6.16. The number of rotatable bonds is 7. The number of pyridine rings is 1. The molecule has 29 heavy (non-hydrogen) atoms. The van der Waals surface area contributed by atoms with Gasteiger partial charge in [0.2, 0.25) is 5.91 Å². The molecule has 1 heterocycles. The molecule has 2 amide bonds. The van der Waals surface area contributed by atoms with E-state index < -0.39 is 18.4 Å². The van der Waals surface area contributed by atoms with Gasteiger partial charge in [0.05, 0.1) is 24.3 Å². The molecular weight excluding hydrogens is 377 g/mol. The maximum absolute atomic E-state index is 13.0. The van der Waals surface area contributed by atoms with E-state index in [1.165, 1.54) is 30.3 Å². The van der Waals surface area contributed by atoms with Gasteiger partial charge in [0, 0.05) is 5.56 Å². The molecule has 0 aliphatic rings. The van der Waals surface area contributed by atoms with Crippen molar-refractivity contribution in [3.8, 4) is 22.8 Å². The second-order valence-corrected chi connectivity index (χ2v) is 5.91. The monoisotopic (exact) mass is 394 g/mol. The Balaban J connectivity index is 1.82. The van der Waals surface area contributed by atoms with E-state index in [0.29, 0.717) is 22.8 Å². The summed E-state index contributed by atoms with van der Waals surface area (Å²) in [6.45, 7) is -0.451. The Labute approximate surface area is 166 Å². The fourth-order valence-corrected chi connectivity index (χ4v) is 2.50. The van der Waals surface area contributed by atoms with Crippen LogP contribution in [0, 0.1) is 12.2 Å². The third-order valence-corrected chi connectivity index (χ3v) is 3.88. The SMILES string of the molecule is NC(=O)c1ccc(-c2ccc(Oc3ccc(F)cc3)cc2)nc1NC(=O)[CH]CO. The van der Waals surface area contributed by atoms with Crippen LogP contribution in [0.15, 0.2) is 60.7 Å². The molecule has 0 unspecified atom stereocenters. The van der Waals surface area contributed by atoms with Crippen LogP contribution in [0.2, 0.25) is 0 Å². The molecule has 2 aromatic carbocycles. The molecule has 8 heteroatoms. The Bertz CT molecular complexity index is 1020. The standard InChI is InChI=1S/C21H17FN3O4/c22-14-3-7-16(8-4-14)29-15-5-1-13(2-6-15)18-10-9-17(20(23)28)21(24-18)25-19(27)11-12-26/h1-11,26H,12H2,(H2,23,28)(H,24,25,27). The number of ether oxygens (including phenoxy) is 1. The topological polar surface area (TPSA) is 115 Å². The average molecular weight is 394 g/mol. The van der Waals surface area contributed by atoms with E-state index in [2.05, 4.69) is 10.3 Å². The first-order valence-electron chi connectivity index (χ1n) is 8.56. The van der Waals surface area contributed by atoms with E-state index in [1.807, 2.05) is 0 Å². The summed E-state index contributed by atoms with van der Waals surface area (Å²) >= 11 is 0. The highest BCUT2D eigenvalue weighted by molar-refractivity contribution is 6.04. The summed E-state index contributed by atoms with van der Waals surface area (Å²) in [5.41, 5.74) is 6.56. The van der Waals surface area contributed by atoms with Crippen molar-refractivity contribution in [3.05, 3.63) is 78.5 Å². The third kappa shape index (κ3) is 5.14. The van der Waals surface area contributed by atoms with Crippen LogP contribution in [-0.4, -0.2) is 28.5 Å². The molecule has 0 saturated heterocycles. The van der Waals surface area contributed by atoms with Crippen molar-refractivity contribution in [2.24, 2.45) is 5.73 Å². The number of aromatic nitrogens is 1. The van der Waals surface area contributed by atoms with Crippen molar-refractivity contribution in [3.63, 3.8) is 0 Å². The number of carbonyl (C=O) groups is 2. The van der Waals surface area contributed by atoms with Crippen molar-refractivity contribution in [1.82, 2.24) is 4.98 Å². The number of benzene rings is 2. The fourth-order valence-electron chi connectivity index (χ4n) is 2.50. The van der Waals surface area contributed by atoms with Crippen molar-refractivity contribution in [2.45, 2.75) is 0 Å². The number of nitrogens with one attached hydrogen (secondary N) is 1. The van der Waals surface area contributed by atoms with E-state index in [9.17, 15) is 14.0 Å². The Hall–Kier alpha value is -3.78.